The van der Waals surface area contributed by atoms with Crippen molar-refractivity contribution in [2.24, 2.45) is 0 Å². The maximum atomic E-state index is 14.2. The van der Waals surface area contributed by atoms with Crippen LogP contribution < -0.4 is 0 Å². The third-order valence-electron chi connectivity index (χ3n) is 5.38. The Morgan fingerprint density at radius 2 is 1.00 bits per heavy atom. The van der Waals surface area contributed by atoms with E-state index in [1.807, 2.05) is 48.5 Å². The van der Waals surface area contributed by atoms with Crippen LogP contribution in [0.25, 0.3) is 0 Å². The van der Waals surface area contributed by atoms with Gasteiger partial charge < -0.3 is 9.47 Å². The fraction of sp³-hybridized carbons (Fsp3) is 0.129. The molecule has 0 aliphatic rings. The average Bonchev–Trinajstić information content (AvgIpc) is 2.98. The Morgan fingerprint density at radius 3 is 1.50 bits per heavy atom. The van der Waals surface area contributed by atoms with Gasteiger partial charge in [-0.2, -0.15) is 0 Å². The monoisotopic (exact) mass is 589 g/mol. The minimum absolute atomic E-state index is 0.228. The molecule has 0 fully saturated rings. The van der Waals surface area contributed by atoms with Gasteiger partial charge in [-0.05, 0) is 62.4 Å². The maximum Gasteiger partial charge on any atom is 0.339 e. The van der Waals surface area contributed by atoms with Crippen LogP contribution in [0.5, 0.6) is 0 Å². The number of amides is 1. The summed E-state index contributed by atoms with van der Waals surface area (Å²) in [4.78, 5) is 42.5. The van der Waals surface area contributed by atoms with Crippen LogP contribution in [0.2, 0.25) is 0 Å². The third kappa shape index (κ3) is 7.50. The Kier molecular flexibility index (Phi) is 10.7. The standard InChI is InChI=1S/C31H27NO5S3/c1-3-36-30(34)24-17-9-12-20-27(24)39-32(40-28-21-13-10-18-25(28)31(35)37-4-2)29(33)23-16-8-11-19-26(23)38-22-14-6-5-7-15-22/h5-21H,3-4H2,1-2H3. The highest BCUT2D eigenvalue weighted by Crippen LogP contribution is 2.40. The molecule has 0 heterocycles. The molecule has 0 atom stereocenters. The van der Waals surface area contributed by atoms with E-state index in [1.165, 1.54) is 15.5 Å². The first-order valence-electron chi connectivity index (χ1n) is 12.6. The number of carbonyl (C=O) groups excluding carboxylic acids is 3. The lowest BCUT2D eigenvalue weighted by molar-refractivity contribution is 0.0513. The summed E-state index contributed by atoms with van der Waals surface area (Å²) in [5, 5.41) is 0. The molecule has 6 nitrogen and oxygen atoms in total. The molecule has 9 heteroatoms. The van der Waals surface area contributed by atoms with Crippen LogP contribution in [-0.2, 0) is 9.47 Å². The van der Waals surface area contributed by atoms with Crippen LogP contribution in [0.15, 0.2) is 123 Å². The lowest BCUT2D eigenvalue weighted by atomic mass is 10.2. The third-order valence-corrected chi connectivity index (χ3v) is 8.68. The smallest absolute Gasteiger partial charge is 0.339 e. The second kappa shape index (κ2) is 14.6. The maximum absolute atomic E-state index is 14.2. The normalized spacial score (nSPS) is 10.6. The van der Waals surface area contributed by atoms with E-state index < -0.39 is 11.9 Å². The zero-order chi connectivity index (χ0) is 28.3. The average molecular weight is 590 g/mol. The Balaban J connectivity index is 1.75. The molecule has 204 valence electrons. The van der Waals surface area contributed by atoms with Crippen molar-refractivity contribution < 1.29 is 23.9 Å². The summed E-state index contributed by atoms with van der Waals surface area (Å²) in [5.41, 5.74) is 1.18. The summed E-state index contributed by atoms with van der Waals surface area (Å²) in [7, 11) is 0. The van der Waals surface area contributed by atoms with Crippen molar-refractivity contribution in [2.45, 2.75) is 33.4 Å². The fourth-order valence-electron chi connectivity index (χ4n) is 3.57. The van der Waals surface area contributed by atoms with Gasteiger partial charge in [0, 0.05) is 43.5 Å². The number of rotatable bonds is 11. The highest BCUT2D eigenvalue weighted by molar-refractivity contribution is 8.13. The first-order valence-corrected chi connectivity index (χ1v) is 14.9. The molecule has 1 amide bonds. The molecule has 40 heavy (non-hydrogen) atoms. The molecule has 4 aromatic carbocycles. The summed E-state index contributed by atoms with van der Waals surface area (Å²) in [6, 6.07) is 31.1. The van der Waals surface area contributed by atoms with Gasteiger partial charge in [0.2, 0.25) is 0 Å². The fourth-order valence-corrected chi connectivity index (χ4v) is 6.66. The molecular formula is C31H27NO5S3. The zero-order valence-corrected chi connectivity index (χ0v) is 24.4. The molecule has 0 saturated carbocycles. The topological polar surface area (TPSA) is 72.9 Å². The Morgan fingerprint density at radius 1 is 0.575 bits per heavy atom. The van der Waals surface area contributed by atoms with Crippen molar-refractivity contribution in [1.82, 2.24) is 3.71 Å². The molecular weight excluding hydrogens is 563 g/mol. The van der Waals surface area contributed by atoms with E-state index in [1.54, 1.807) is 68.4 Å². The summed E-state index contributed by atoms with van der Waals surface area (Å²) < 4.78 is 12.0. The molecule has 0 aromatic heterocycles. The van der Waals surface area contributed by atoms with Gasteiger partial charge in [-0.25, -0.2) is 13.3 Å². The predicted octanol–water partition coefficient (Wildman–Crippen LogP) is 8.05. The summed E-state index contributed by atoms with van der Waals surface area (Å²) in [5.74, 6) is -1.25. The van der Waals surface area contributed by atoms with Crippen LogP contribution >= 0.6 is 35.7 Å². The molecule has 0 aliphatic carbocycles. The lowest BCUT2D eigenvalue weighted by Gasteiger charge is -2.23. The minimum Gasteiger partial charge on any atom is -0.462 e. The van der Waals surface area contributed by atoms with Gasteiger partial charge in [0.05, 0.1) is 29.9 Å². The molecule has 0 unspecified atom stereocenters. The molecule has 4 rings (SSSR count). The number of benzene rings is 4. The van der Waals surface area contributed by atoms with Crippen LogP contribution in [0.4, 0.5) is 0 Å². The summed E-state index contributed by atoms with van der Waals surface area (Å²) >= 11 is 3.69. The number of hydrogen-bond donors (Lipinski definition) is 0. The summed E-state index contributed by atoms with van der Waals surface area (Å²) in [6.45, 7) is 3.94. The van der Waals surface area contributed by atoms with E-state index >= 15 is 0 Å². The molecule has 0 spiro atoms. The van der Waals surface area contributed by atoms with Gasteiger partial charge in [0.1, 0.15) is 0 Å². The SMILES string of the molecule is CCOC(=O)c1ccccc1SN(Sc1ccccc1C(=O)OCC)C(=O)c1ccccc1Sc1ccccc1. The molecule has 0 aliphatic heterocycles. The van der Waals surface area contributed by atoms with Crippen LogP contribution in [0, 0.1) is 0 Å². The van der Waals surface area contributed by atoms with Crippen molar-refractivity contribution in [3.8, 4) is 0 Å². The van der Waals surface area contributed by atoms with Crippen LogP contribution in [0.3, 0.4) is 0 Å². The van der Waals surface area contributed by atoms with E-state index in [0.29, 0.717) is 26.5 Å². The van der Waals surface area contributed by atoms with Crippen LogP contribution in [0.1, 0.15) is 44.9 Å². The van der Waals surface area contributed by atoms with Gasteiger partial charge in [-0.3, -0.25) is 4.79 Å². The van der Waals surface area contributed by atoms with Crippen molar-refractivity contribution in [1.29, 1.82) is 0 Å². The second-order valence-corrected chi connectivity index (χ2v) is 11.4. The molecule has 0 bridgehead atoms. The zero-order valence-electron chi connectivity index (χ0n) is 21.9. The quantitative estimate of drug-likeness (QED) is 0.129. The van der Waals surface area contributed by atoms with E-state index in [0.717, 1.165) is 33.7 Å². The van der Waals surface area contributed by atoms with Crippen molar-refractivity contribution in [2.75, 3.05) is 13.2 Å². The molecule has 0 radical (unpaired) electrons. The first kappa shape index (κ1) is 29.3. The largest absolute Gasteiger partial charge is 0.462 e. The van der Waals surface area contributed by atoms with E-state index in [-0.39, 0.29) is 19.1 Å². The van der Waals surface area contributed by atoms with Gasteiger partial charge in [-0.1, -0.05) is 66.4 Å². The van der Waals surface area contributed by atoms with E-state index in [2.05, 4.69) is 0 Å². The van der Waals surface area contributed by atoms with Gasteiger partial charge >= 0.3 is 11.9 Å². The highest BCUT2D eigenvalue weighted by Gasteiger charge is 2.26. The van der Waals surface area contributed by atoms with E-state index in [9.17, 15) is 14.4 Å². The van der Waals surface area contributed by atoms with Crippen molar-refractivity contribution >= 4 is 53.5 Å². The molecule has 0 saturated heterocycles. The highest BCUT2D eigenvalue weighted by atomic mass is 32.2. The molecule has 4 aromatic rings. The Labute approximate surface area is 246 Å². The first-order chi connectivity index (χ1) is 19.5. The summed E-state index contributed by atoms with van der Waals surface area (Å²) in [6.07, 6.45) is 0. The van der Waals surface area contributed by atoms with E-state index in [4.69, 9.17) is 9.47 Å². The van der Waals surface area contributed by atoms with Gasteiger partial charge in [0.25, 0.3) is 5.91 Å². The van der Waals surface area contributed by atoms with Crippen LogP contribution in [-0.4, -0.2) is 34.8 Å². The lowest BCUT2D eigenvalue weighted by Crippen LogP contribution is -2.20. The van der Waals surface area contributed by atoms with Crippen molar-refractivity contribution in [3.05, 3.63) is 120 Å². The number of nitrogens with zero attached hydrogens (tertiary/aromatic N) is 1. The number of esters is 2. The van der Waals surface area contributed by atoms with Gasteiger partial charge in [-0.15, -0.1) is 0 Å². The second-order valence-electron chi connectivity index (χ2n) is 8.09. The Bertz CT molecular complexity index is 1420. The predicted molar refractivity (Wildman–Crippen MR) is 160 cm³/mol. The van der Waals surface area contributed by atoms with Gasteiger partial charge in [0.15, 0.2) is 0 Å². The number of ether oxygens (including phenoxy) is 2. The number of carbonyl (C=O) groups is 3. The number of hydrogen-bond acceptors (Lipinski definition) is 8. The van der Waals surface area contributed by atoms with Crippen molar-refractivity contribution in [3.63, 3.8) is 0 Å². The minimum atomic E-state index is -0.477. The Hall–Kier alpha value is -3.66. The molecule has 0 N–H and O–H groups in total.